The van der Waals surface area contributed by atoms with Crippen LogP contribution in [0.1, 0.15) is 20.3 Å². The number of hydrogen-bond acceptors (Lipinski definition) is 3. The Morgan fingerprint density at radius 1 is 1.33 bits per heavy atom. The predicted molar refractivity (Wildman–Crippen MR) is 74.1 cm³/mol. The van der Waals surface area contributed by atoms with E-state index in [2.05, 4.69) is 5.32 Å². The molecule has 0 aromatic heterocycles. The molecule has 3 N–H and O–H groups in total. The highest BCUT2D eigenvalue weighted by Crippen LogP contribution is 2.29. The Bertz CT molecular complexity index is 485. The molecule has 7 heteroatoms. The molecule has 4 nitrogen and oxygen atoms in total. The molecule has 1 amide bonds. The van der Waals surface area contributed by atoms with Crippen molar-refractivity contribution in [2.45, 2.75) is 26.4 Å². The van der Waals surface area contributed by atoms with Crippen molar-refractivity contribution >= 4 is 11.6 Å². The van der Waals surface area contributed by atoms with E-state index in [1.807, 2.05) is 6.92 Å². The number of rotatable bonds is 6. The zero-order chi connectivity index (χ0) is 16.1. The van der Waals surface area contributed by atoms with Crippen LogP contribution in [0.15, 0.2) is 24.3 Å². The molecule has 21 heavy (non-hydrogen) atoms. The van der Waals surface area contributed by atoms with Gasteiger partial charge in [-0.15, -0.1) is 0 Å². The molecule has 0 fully saturated rings. The summed E-state index contributed by atoms with van der Waals surface area (Å²) < 4.78 is 41.3. The van der Waals surface area contributed by atoms with E-state index in [0.29, 0.717) is 6.42 Å². The first-order valence-corrected chi connectivity index (χ1v) is 6.52. The Labute approximate surface area is 121 Å². The van der Waals surface area contributed by atoms with Crippen molar-refractivity contribution in [2.75, 3.05) is 18.5 Å². The summed E-state index contributed by atoms with van der Waals surface area (Å²) in [6.07, 6.45) is -3.92. The number of benzene rings is 1. The Morgan fingerprint density at radius 2 is 1.95 bits per heavy atom. The van der Waals surface area contributed by atoms with E-state index in [9.17, 15) is 18.0 Å². The molecule has 0 aliphatic heterocycles. The molecule has 0 saturated heterocycles. The number of hydrogen-bond donors (Lipinski definition) is 2. The first kappa shape index (κ1) is 17.3. The lowest BCUT2D eigenvalue weighted by atomic mass is 9.86. The third-order valence-corrected chi connectivity index (χ3v) is 3.31. The van der Waals surface area contributed by atoms with Crippen LogP contribution in [0.4, 0.5) is 18.9 Å². The summed E-state index contributed by atoms with van der Waals surface area (Å²) in [6.45, 7) is 2.24. The zero-order valence-corrected chi connectivity index (χ0v) is 12.0. The summed E-state index contributed by atoms with van der Waals surface area (Å²) >= 11 is 0. The fraction of sp³-hybridized carbons (Fsp3) is 0.500. The van der Waals surface area contributed by atoms with E-state index < -0.39 is 18.2 Å². The smallest absolute Gasteiger partial charge is 0.422 e. The molecule has 1 unspecified atom stereocenters. The van der Waals surface area contributed by atoms with Crippen molar-refractivity contribution < 1.29 is 22.7 Å². The maximum Gasteiger partial charge on any atom is 0.422 e. The van der Waals surface area contributed by atoms with Gasteiger partial charge in [0.25, 0.3) is 0 Å². The Kier molecular flexibility index (Phi) is 5.60. The maximum absolute atomic E-state index is 12.2. The third kappa shape index (κ3) is 4.93. The van der Waals surface area contributed by atoms with Gasteiger partial charge in [-0.25, -0.2) is 0 Å². The van der Waals surface area contributed by atoms with Gasteiger partial charge in [0.15, 0.2) is 6.61 Å². The van der Waals surface area contributed by atoms with Crippen LogP contribution in [0.2, 0.25) is 0 Å². The number of amides is 1. The largest absolute Gasteiger partial charge is 0.482 e. The number of para-hydroxylation sites is 2. The van der Waals surface area contributed by atoms with E-state index in [0.717, 1.165) is 0 Å². The highest BCUT2D eigenvalue weighted by atomic mass is 19.4. The van der Waals surface area contributed by atoms with Gasteiger partial charge in [0, 0.05) is 6.54 Å². The molecule has 1 atom stereocenters. The van der Waals surface area contributed by atoms with Crippen LogP contribution in [-0.4, -0.2) is 25.2 Å². The lowest BCUT2D eigenvalue weighted by Crippen LogP contribution is -2.39. The van der Waals surface area contributed by atoms with Crippen molar-refractivity contribution in [2.24, 2.45) is 11.1 Å². The summed E-state index contributed by atoms with van der Waals surface area (Å²) in [5.74, 6) is -0.380. The van der Waals surface area contributed by atoms with E-state index in [4.69, 9.17) is 10.5 Å². The minimum atomic E-state index is -4.44. The van der Waals surface area contributed by atoms with Crippen LogP contribution in [-0.2, 0) is 4.79 Å². The molecule has 1 aromatic rings. The molecule has 1 rings (SSSR count). The molecule has 0 spiro atoms. The minimum absolute atomic E-state index is 0.0290. The second-order valence-electron chi connectivity index (χ2n) is 4.97. The van der Waals surface area contributed by atoms with Crippen LogP contribution in [0, 0.1) is 5.41 Å². The lowest BCUT2D eigenvalue weighted by molar-refractivity contribution is -0.153. The summed E-state index contributed by atoms with van der Waals surface area (Å²) in [6, 6.07) is 5.98. The van der Waals surface area contributed by atoms with Crippen molar-refractivity contribution in [3.05, 3.63) is 24.3 Å². The Morgan fingerprint density at radius 3 is 2.48 bits per heavy atom. The van der Waals surface area contributed by atoms with E-state index in [1.165, 1.54) is 18.2 Å². The number of halogens is 3. The van der Waals surface area contributed by atoms with Gasteiger partial charge in [-0.2, -0.15) is 13.2 Å². The van der Waals surface area contributed by atoms with Crippen LogP contribution in [0.25, 0.3) is 0 Å². The number of ether oxygens (including phenoxy) is 1. The van der Waals surface area contributed by atoms with E-state index >= 15 is 0 Å². The Hall–Kier alpha value is -1.76. The summed E-state index contributed by atoms with van der Waals surface area (Å²) in [5.41, 5.74) is 5.00. The average molecular weight is 304 g/mol. The number of nitrogens with one attached hydrogen (secondary N) is 1. The second kappa shape index (κ2) is 6.80. The van der Waals surface area contributed by atoms with Crippen LogP contribution >= 0.6 is 0 Å². The first-order valence-electron chi connectivity index (χ1n) is 6.52. The van der Waals surface area contributed by atoms with E-state index in [1.54, 1.807) is 13.0 Å². The normalized spacial score (nSPS) is 14.4. The lowest BCUT2D eigenvalue weighted by Gasteiger charge is -2.25. The standard InChI is InChI=1S/C14H19F3N2O2/c1-3-13(2,8-18)12(20)19-10-6-4-5-7-11(10)21-9-14(15,16)17/h4-7H,3,8-9,18H2,1-2H3,(H,19,20). The SMILES string of the molecule is CCC(C)(CN)C(=O)Nc1ccccc1OCC(F)(F)F. The van der Waals surface area contributed by atoms with Crippen molar-refractivity contribution in [3.63, 3.8) is 0 Å². The Balaban J connectivity index is 2.87. The van der Waals surface area contributed by atoms with Crippen LogP contribution in [0.3, 0.4) is 0 Å². The van der Waals surface area contributed by atoms with Gasteiger partial charge < -0.3 is 15.8 Å². The summed E-state index contributed by atoms with van der Waals surface area (Å²) in [7, 11) is 0. The monoisotopic (exact) mass is 304 g/mol. The van der Waals surface area contributed by atoms with Gasteiger partial charge >= 0.3 is 6.18 Å². The summed E-state index contributed by atoms with van der Waals surface area (Å²) in [4.78, 5) is 12.2. The fourth-order valence-corrected chi connectivity index (χ4v) is 1.53. The van der Waals surface area contributed by atoms with Crippen molar-refractivity contribution in [1.29, 1.82) is 0 Å². The first-order chi connectivity index (χ1) is 9.72. The molecule has 1 aromatic carbocycles. The van der Waals surface area contributed by atoms with Gasteiger partial charge in [0.05, 0.1) is 11.1 Å². The summed E-state index contributed by atoms with van der Waals surface area (Å²) in [5, 5.41) is 2.58. The number of carbonyl (C=O) groups excluding carboxylic acids is 1. The zero-order valence-electron chi connectivity index (χ0n) is 12.0. The van der Waals surface area contributed by atoms with Gasteiger partial charge in [-0.3, -0.25) is 4.79 Å². The molecule has 0 saturated carbocycles. The molecule has 0 radical (unpaired) electrons. The molecule has 0 bridgehead atoms. The van der Waals surface area contributed by atoms with Gasteiger partial charge in [0.1, 0.15) is 5.75 Å². The van der Waals surface area contributed by atoms with E-state index in [-0.39, 0.29) is 23.9 Å². The van der Waals surface area contributed by atoms with Crippen LogP contribution in [0.5, 0.6) is 5.75 Å². The van der Waals surface area contributed by atoms with Crippen molar-refractivity contribution in [1.82, 2.24) is 0 Å². The highest BCUT2D eigenvalue weighted by molar-refractivity contribution is 5.96. The molecule has 118 valence electrons. The molecule has 0 aliphatic rings. The quantitative estimate of drug-likeness (QED) is 0.849. The number of carbonyl (C=O) groups is 1. The minimum Gasteiger partial charge on any atom is -0.482 e. The average Bonchev–Trinajstić information content (AvgIpc) is 2.44. The van der Waals surface area contributed by atoms with Crippen LogP contribution < -0.4 is 15.8 Å². The number of nitrogens with two attached hydrogens (primary N) is 1. The predicted octanol–water partition coefficient (Wildman–Crippen LogP) is 2.94. The number of alkyl halides is 3. The topological polar surface area (TPSA) is 64.4 Å². The van der Waals surface area contributed by atoms with Gasteiger partial charge in [-0.1, -0.05) is 19.1 Å². The van der Waals surface area contributed by atoms with Gasteiger partial charge in [-0.05, 0) is 25.5 Å². The van der Waals surface area contributed by atoms with Gasteiger partial charge in [0.2, 0.25) is 5.91 Å². The molecule has 0 heterocycles. The fourth-order valence-electron chi connectivity index (χ4n) is 1.53. The highest BCUT2D eigenvalue weighted by Gasteiger charge is 2.31. The molecular weight excluding hydrogens is 285 g/mol. The number of anilines is 1. The molecular formula is C14H19F3N2O2. The third-order valence-electron chi connectivity index (χ3n) is 3.31. The van der Waals surface area contributed by atoms with Crippen molar-refractivity contribution in [3.8, 4) is 5.75 Å². The molecule has 0 aliphatic carbocycles. The second-order valence-corrected chi connectivity index (χ2v) is 4.97. The maximum atomic E-state index is 12.2.